The van der Waals surface area contributed by atoms with Gasteiger partial charge in [-0.05, 0) is 121 Å². The average molecular weight is 974 g/mol. The summed E-state index contributed by atoms with van der Waals surface area (Å²) in [4.78, 5) is 60.6. The van der Waals surface area contributed by atoms with Gasteiger partial charge >= 0.3 is 6.09 Å². The molecule has 2 aliphatic rings. The maximum absolute atomic E-state index is 12.5. The van der Waals surface area contributed by atoms with Crippen molar-refractivity contribution in [2.45, 2.75) is 111 Å². The van der Waals surface area contributed by atoms with Gasteiger partial charge in [0.2, 0.25) is 23.7 Å². The molecule has 6 rings (SSSR count). The molecular weight excluding hydrogens is 895 g/mol. The number of anilines is 6. The standard InChI is InChI=1S/C29H37N7O3.C25H30N6O.6H2/c1-21(35(5)28(38)39-29(2,3)4)26(37)31-16-8-6-7-11-23-20-32-27(34-25(23)36-17-9-10-18-36)33-24-14-12-22(19-30)13-15-24;1-3-19(2)24(32)27-14-6-4-5-9-21-18-28-25(30-23(21)31-15-7-8-16-31)29-22-12-10-20(17-26)11-13-22;;;;;;/h12-15,20-21H,6,8-10,16-18H2,1-5H3,(H,31,37)(H,32,33,34);10-13,18-19H,3-4,6-8,14-16H2,1-2H3,(H,27,32)(H,28,29,30);6*1H/t21-;19-;;;;;;/m01....../s1. The van der Waals surface area contributed by atoms with Crippen LogP contribution in [0, 0.1) is 52.3 Å². The molecule has 0 radical (unpaired) electrons. The van der Waals surface area contributed by atoms with Crippen LogP contribution >= 0.6 is 0 Å². The van der Waals surface area contributed by atoms with E-state index in [-0.39, 0.29) is 26.3 Å². The Bertz CT molecular complexity index is 2650. The van der Waals surface area contributed by atoms with E-state index < -0.39 is 17.7 Å². The summed E-state index contributed by atoms with van der Waals surface area (Å²) in [7, 11) is 1.55. The van der Waals surface area contributed by atoms with Crippen molar-refractivity contribution in [3.8, 4) is 35.8 Å². The van der Waals surface area contributed by atoms with E-state index in [0.717, 1.165) is 98.8 Å². The van der Waals surface area contributed by atoms with Crippen molar-refractivity contribution in [2.24, 2.45) is 5.92 Å². The number of hydrogen-bond acceptors (Lipinski definition) is 14. The lowest BCUT2D eigenvalue weighted by Gasteiger charge is -2.28. The Balaban J connectivity index is 0. The zero-order chi connectivity index (χ0) is 51.2. The third kappa shape index (κ3) is 17.5. The fourth-order valence-electron chi connectivity index (χ4n) is 7.16. The monoisotopic (exact) mass is 974 g/mol. The molecular formula is C54H79N13O4. The molecule has 0 spiro atoms. The molecule has 0 bridgehead atoms. The van der Waals surface area contributed by atoms with Crippen molar-refractivity contribution in [3.63, 3.8) is 0 Å². The summed E-state index contributed by atoms with van der Waals surface area (Å²) < 4.78 is 5.32. The van der Waals surface area contributed by atoms with E-state index in [1.54, 1.807) is 71.4 Å². The van der Waals surface area contributed by atoms with Gasteiger partial charge in [0.15, 0.2) is 0 Å². The fraction of sp³-hybridized carbons (Fsp3) is 0.463. The van der Waals surface area contributed by atoms with Gasteiger partial charge < -0.3 is 35.8 Å². The highest BCUT2D eigenvalue weighted by Crippen LogP contribution is 2.26. The van der Waals surface area contributed by atoms with Crippen molar-refractivity contribution < 1.29 is 27.7 Å². The van der Waals surface area contributed by atoms with Crippen molar-refractivity contribution in [1.82, 2.24) is 35.5 Å². The van der Waals surface area contributed by atoms with E-state index in [1.807, 2.05) is 38.1 Å². The first kappa shape index (κ1) is 54.1. The number of carbonyl (C=O) groups is 3. The molecule has 2 aromatic heterocycles. The van der Waals surface area contributed by atoms with Gasteiger partial charge in [0, 0.05) is 85.0 Å². The Morgan fingerprint density at radius 2 is 1.14 bits per heavy atom. The number of carbonyl (C=O) groups excluding carboxylic acids is 3. The predicted molar refractivity (Wildman–Crippen MR) is 290 cm³/mol. The molecule has 2 fully saturated rings. The van der Waals surface area contributed by atoms with Crippen LogP contribution in [0.2, 0.25) is 0 Å². The Morgan fingerprint density at radius 1 is 0.718 bits per heavy atom. The van der Waals surface area contributed by atoms with Crippen LogP contribution < -0.4 is 31.1 Å². The third-order valence-corrected chi connectivity index (χ3v) is 11.6. The minimum atomic E-state index is -0.650. The topological polar surface area (TPSA) is 217 Å². The number of amides is 3. The molecule has 4 aromatic rings. The van der Waals surface area contributed by atoms with Crippen molar-refractivity contribution in [3.05, 3.63) is 83.2 Å². The number of ether oxygens (including phenoxy) is 1. The molecule has 2 aliphatic heterocycles. The number of rotatable bonds is 16. The van der Waals surface area contributed by atoms with Crippen LogP contribution in [0.3, 0.4) is 0 Å². The van der Waals surface area contributed by atoms with E-state index in [0.29, 0.717) is 55.4 Å². The largest absolute Gasteiger partial charge is 0.444 e. The summed E-state index contributed by atoms with van der Waals surface area (Å²) in [5.41, 5.74) is 3.79. The normalized spacial score (nSPS) is 13.5. The maximum Gasteiger partial charge on any atom is 0.410 e. The molecule has 4 N–H and O–H groups in total. The van der Waals surface area contributed by atoms with E-state index in [4.69, 9.17) is 25.2 Å². The second-order valence-electron chi connectivity index (χ2n) is 18.3. The molecule has 2 aromatic carbocycles. The highest BCUT2D eigenvalue weighted by Gasteiger charge is 2.27. The molecule has 2 saturated heterocycles. The van der Waals surface area contributed by atoms with Crippen molar-refractivity contribution in [1.29, 1.82) is 10.5 Å². The number of likely N-dealkylation sites (N-methyl/N-ethyl adjacent to an activating group) is 1. The Labute approximate surface area is 428 Å². The predicted octanol–water partition coefficient (Wildman–Crippen LogP) is 9.66. The average Bonchev–Trinajstić information content (AvgIpc) is 4.13. The van der Waals surface area contributed by atoms with Gasteiger partial charge in [0.25, 0.3) is 0 Å². The van der Waals surface area contributed by atoms with Gasteiger partial charge in [-0.3, -0.25) is 14.5 Å². The zero-order valence-corrected chi connectivity index (χ0v) is 42.2. The van der Waals surface area contributed by atoms with Gasteiger partial charge in [0.1, 0.15) is 23.3 Å². The number of aromatic nitrogens is 4. The minimum Gasteiger partial charge on any atom is -0.444 e. The first-order valence-corrected chi connectivity index (χ1v) is 24.4. The van der Waals surface area contributed by atoms with Gasteiger partial charge in [0.05, 0.1) is 46.8 Å². The lowest BCUT2D eigenvalue weighted by molar-refractivity contribution is -0.125. The Morgan fingerprint density at radius 3 is 1.54 bits per heavy atom. The summed E-state index contributed by atoms with van der Waals surface area (Å²) in [6, 6.07) is 17.9. The number of nitrogens with one attached hydrogen (secondary N) is 4. The summed E-state index contributed by atoms with van der Waals surface area (Å²) in [5.74, 6) is 15.4. The first-order chi connectivity index (χ1) is 34.2. The molecule has 4 heterocycles. The van der Waals surface area contributed by atoms with Crippen LogP contribution in [0.25, 0.3) is 0 Å². The SMILES string of the molecule is CC[C@@H](C)C(=O)NCCCC#Cc1cnc(Nc2ccc(C#N)cc2)nc1N1CCCC1.C[C@@H](C(=O)NCCCC#Cc1cnc(Nc2ccc(C#N)cc2)nc1N1CCCC1)N(C)C(=O)OC(C)(C)C.[HH].[HH].[HH].[HH].[HH].[HH]. The molecule has 0 aliphatic carbocycles. The highest BCUT2D eigenvalue weighted by molar-refractivity contribution is 5.85. The summed E-state index contributed by atoms with van der Waals surface area (Å²) in [5, 5.41) is 30.2. The molecule has 2 atom stereocenters. The van der Waals surface area contributed by atoms with Gasteiger partial charge in [-0.15, -0.1) is 0 Å². The fourth-order valence-corrected chi connectivity index (χ4v) is 7.16. The Kier molecular flexibility index (Phi) is 20.8. The maximum atomic E-state index is 12.5. The number of hydrogen-bond donors (Lipinski definition) is 4. The summed E-state index contributed by atoms with van der Waals surface area (Å²) in [6.07, 6.45) is 11.1. The van der Waals surface area contributed by atoms with Crippen LogP contribution in [0.15, 0.2) is 60.9 Å². The van der Waals surface area contributed by atoms with Gasteiger partial charge in [-0.2, -0.15) is 20.5 Å². The molecule has 0 saturated carbocycles. The summed E-state index contributed by atoms with van der Waals surface area (Å²) in [6.45, 7) is 15.8. The zero-order valence-electron chi connectivity index (χ0n) is 42.2. The quantitative estimate of drug-likeness (QED) is 0.0607. The number of unbranched alkanes of at least 4 members (excludes halogenated alkanes) is 2. The molecule has 71 heavy (non-hydrogen) atoms. The van der Waals surface area contributed by atoms with Crippen molar-refractivity contribution >= 4 is 52.8 Å². The van der Waals surface area contributed by atoms with Gasteiger partial charge in [-0.1, -0.05) is 37.5 Å². The number of benzene rings is 2. The van der Waals surface area contributed by atoms with Crippen LogP contribution in [0.4, 0.5) is 39.7 Å². The van der Waals surface area contributed by atoms with Crippen LogP contribution in [-0.2, 0) is 14.3 Å². The smallest absolute Gasteiger partial charge is 0.410 e. The molecule has 17 nitrogen and oxygen atoms in total. The molecule has 3 amide bonds. The highest BCUT2D eigenvalue weighted by atomic mass is 16.6. The number of nitriles is 2. The molecule has 17 heteroatoms. The lowest BCUT2D eigenvalue weighted by atomic mass is 10.1. The third-order valence-electron chi connectivity index (χ3n) is 11.6. The van der Waals surface area contributed by atoms with Crippen LogP contribution in [-0.4, -0.2) is 101 Å². The van der Waals surface area contributed by atoms with Crippen molar-refractivity contribution in [2.75, 3.05) is 66.7 Å². The second-order valence-corrected chi connectivity index (χ2v) is 18.3. The van der Waals surface area contributed by atoms with E-state index in [2.05, 4.69) is 76.9 Å². The van der Waals surface area contributed by atoms with Crippen LogP contribution in [0.1, 0.15) is 130 Å². The first-order valence-electron chi connectivity index (χ1n) is 24.4. The summed E-state index contributed by atoms with van der Waals surface area (Å²) >= 11 is 0. The molecule has 0 unspecified atom stereocenters. The van der Waals surface area contributed by atoms with E-state index in [1.165, 1.54) is 4.90 Å². The number of nitrogens with zero attached hydrogens (tertiary/aromatic N) is 9. The minimum absolute atomic E-state index is 0. The molecule has 384 valence electrons. The second kappa shape index (κ2) is 27.3. The van der Waals surface area contributed by atoms with E-state index in [9.17, 15) is 14.4 Å². The lowest BCUT2D eigenvalue weighted by Crippen LogP contribution is -2.47. The van der Waals surface area contributed by atoms with Crippen LogP contribution in [0.5, 0.6) is 0 Å². The Hall–Kier alpha value is -7.89. The van der Waals surface area contributed by atoms with E-state index >= 15 is 0 Å². The van der Waals surface area contributed by atoms with Gasteiger partial charge in [-0.25, -0.2) is 14.8 Å².